The fourth-order valence-electron chi connectivity index (χ4n) is 3.59. The second-order valence-corrected chi connectivity index (χ2v) is 9.37. The van der Waals surface area contributed by atoms with Crippen LogP contribution in [0.1, 0.15) is 32.1 Å². The Kier molecular flexibility index (Phi) is 8.31. The van der Waals surface area contributed by atoms with E-state index in [-0.39, 0.29) is 17.3 Å². The van der Waals surface area contributed by atoms with Gasteiger partial charge in [0.15, 0.2) is 0 Å². The van der Waals surface area contributed by atoms with Gasteiger partial charge in [0.05, 0.1) is 23.8 Å². The maximum Gasteiger partial charge on any atom is 0.264 e. The highest BCUT2D eigenvalue weighted by molar-refractivity contribution is 7.92. The van der Waals surface area contributed by atoms with E-state index < -0.39 is 10.0 Å². The van der Waals surface area contributed by atoms with Gasteiger partial charge in [0.2, 0.25) is 5.91 Å². The summed E-state index contributed by atoms with van der Waals surface area (Å²) in [6.45, 7) is 0.698. The molecular weight excluding hydrogens is 416 g/mol. The molecule has 7 nitrogen and oxygen atoms in total. The summed E-state index contributed by atoms with van der Waals surface area (Å²) in [4.78, 5) is 12.7. The number of nitrogens with one attached hydrogen (secondary N) is 1. The zero-order chi connectivity index (χ0) is 22.1. The summed E-state index contributed by atoms with van der Waals surface area (Å²) in [5.41, 5.74) is 0.364. The molecular formula is C23H30N2O5S. The topological polar surface area (TPSA) is 84.9 Å². The summed E-state index contributed by atoms with van der Waals surface area (Å²) in [6.07, 6.45) is 5.69. The van der Waals surface area contributed by atoms with Gasteiger partial charge < -0.3 is 14.8 Å². The number of sulfonamides is 1. The lowest BCUT2D eigenvalue weighted by Crippen LogP contribution is -2.41. The molecule has 1 saturated carbocycles. The third-order valence-electron chi connectivity index (χ3n) is 5.26. The van der Waals surface area contributed by atoms with Gasteiger partial charge in [-0.1, -0.05) is 37.1 Å². The van der Waals surface area contributed by atoms with Crippen molar-refractivity contribution in [2.45, 2.75) is 43.1 Å². The molecule has 0 aromatic heterocycles. The fourth-order valence-corrected chi connectivity index (χ4v) is 5.03. The van der Waals surface area contributed by atoms with Crippen LogP contribution in [0.15, 0.2) is 59.5 Å². The molecule has 1 aliphatic carbocycles. The van der Waals surface area contributed by atoms with Crippen LogP contribution in [-0.4, -0.2) is 47.2 Å². The minimum Gasteiger partial charge on any atom is -0.497 e. The highest BCUT2D eigenvalue weighted by atomic mass is 32.2. The molecule has 1 aliphatic rings. The van der Waals surface area contributed by atoms with E-state index >= 15 is 0 Å². The number of nitrogens with zero attached hydrogens (tertiary/aromatic N) is 1. The zero-order valence-corrected chi connectivity index (χ0v) is 18.6. The lowest BCUT2D eigenvalue weighted by Gasteiger charge is -2.24. The molecule has 3 rings (SSSR count). The number of benzene rings is 2. The molecule has 0 bridgehead atoms. The molecule has 0 spiro atoms. The van der Waals surface area contributed by atoms with Crippen LogP contribution in [0.25, 0.3) is 0 Å². The Morgan fingerprint density at radius 3 is 2.55 bits per heavy atom. The van der Waals surface area contributed by atoms with Crippen LogP contribution < -0.4 is 14.4 Å². The number of hydrogen-bond donors (Lipinski definition) is 1. The summed E-state index contributed by atoms with van der Waals surface area (Å²) in [5, 5.41) is 2.80. The fraction of sp³-hybridized carbons (Fsp3) is 0.435. The Morgan fingerprint density at radius 2 is 1.84 bits per heavy atom. The van der Waals surface area contributed by atoms with Crippen LogP contribution in [0.2, 0.25) is 0 Å². The molecule has 1 amide bonds. The predicted molar refractivity (Wildman–Crippen MR) is 120 cm³/mol. The molecule has 1 N–H and O–H groups in total. The normalized spacial score (nSPS) is 14.4. The molecule has 168 valence electrons. The van der Waals surface area contributed by atoms with Crippen molar-refractivity contribution >= 4 is 21.6 Å². The van der Waals surface area contributed by atoms with Gasteiger partial charge in [-0.15, -0.1) is 0 Å². The molecule has 31 heavy (non-hydrogen) atoms. The monoisotopic (exact) mass is 446 g/mol. The van der Waals surface area contributed by atoms with Gasteiger partial charge in [-0.25, -0.2) is 8.42 Å². The van der Waals surface area contributed by atoms with Gasteiger partial charge in [0.1, 0.15) is 12.3 Å². The average molecular weight is 447 g/mol. The Bertz CT molecular complexity index is 943. The van der Waals surface area contributed by atoms with Gasteiger partial charge in [-0.3, -0.25) is 9.10 Å². The van der Waals surface area contributed by atoms with Crippen LogP contribution in [0, 0.1) is 0 Å². The lowest BCUT2D eigenvalue weighted by molar-refractivity contribution is -0.119. The third kappa shape index (κ3) is 6.45. The molecule has 8 heteroatoms. The smallest absolute Gasteiger partial charge is 0.264 e. The van der Waals surface area contributed by atoms with E-state index in [0.717, 1.165) is 17.1 Å². The van der Waals surface area contributed by atoms with Crippen molar-refractivity contribution in [1.82, 2.24) is 5.32 Å². The van der Waals surface area contributed by atoms with Crippen LogP contribution in [0.4, 0.5) is 5.69 Å². The summed E-state index contributed by atoms with van der Waals surface area (Å²) < 4.78 is 38.7. The second-order valence-electron chi connectivity index (χ2n) is 7.51. The highest BCUT2D eigenvalue weighted by Gasteiger charge is 2.27. The van der Waals surface area contributed by atoms with Crippen molar-refractivity contribution < 1.29 is 22.7 Å². The number of hydrogen-bond acceptors (Lipinski definition) is 5. The van der Waals surface area contributed by atoms with E-state index in [2.05, 4.69) is 5.32 Å². The highest BCUT2D eigenvalue weighted by Crippen LogP contribution is 2.26. The number of carbonyl (C=O) groups excluding carboxylic acids is 1. The molecule has 0 radical (unpaired) electrons. The Labute approximate surface area is 184 Å². The summed E-state index contributed by atoms with van der Waals surface area (Å²) in [6, 6.07) is 14.7. The molecule has 1 fully saturated rings. The van der Waals surface area contributed by atoms with Gasteiger partial charge in [-0.05, 0) is 43.5 Å². The van der Waals surface area contributed by atoms with Crippen molar-refractivity contribution in [2.75, 3.05) is 31.1 Å². The zero-order valence-electron chi connectivity index (χ0n) is 17.8. The van der Waals surface area contributed by atoms with E-state index in [1.165, 1.54) is 32.1 Å². The van der Waals surface area contributed by atoms with Gasteiger partial charge in [-0.2, -0.15) is 0 Å². The van der Waals surface area contributed by atoms with Gasteiger partial charge in [0.25, 0.3) is 10.0 Å². The quantitative estimate of drug-likeness (QED) is 0.535. The first kappa shape index (κ1) is 23.1. The molecule has 0 unspecified atom stereocenters. The van der Waals surface area contributed by atoms with Gasteiger partial charge >= 0.3 is 0 Å². The van der Waals surface area contributed by atoms with E-state index in [1.807, 2.05) is 0 Å². The minimum absolute atomic E-state index is 0.121. The molecule has 0 aliphatic heterocycles. The third-order valence-corrected chi connectivity index (χ3v) is 7.05. The average Bonchev–Trinajstić information content (AvgIpc) is 3.31. The molecule has 0 saturated heterocycles. The van der Waals surface area contributed by atoms with E-state index in [0.29, 0.717) is 37.1 Å². The number of ether oxygens (including phenoxy) is 2. The van der Waals surface area contributed by atoms with Crippen molar-refractivity contribution in [1.29, 1.82) is 0 Å². The lowest BCUT2D eigenvalue weighted by atomic mass is 10.3. The Morgan fingerprint density at radius 1 is 1.10 bits per heavy atom. The van der Waals surface area contributed by atoms with Crippen LogP contribution >= 0.6 is 0 Å². The van der Waals surface area contributed by atoms with E-state index in [1.54, 1.807) is 42.5 Å². The second kappa shape index (κ2) is 11.2. The maximum absolute atomic E-state index is 13.3. The van der Waals surface area contributed by atoms with Crippen LogP contribution in [0.3, 0.4) is 0 Å². The number of anilines is 1. The first-order valence-corrected chi connectivity index (χ1v) is 12.0. The summed E-state index contributed by atoms with van der Waals surface area (Å²) in [7, 11) is -2.42. The molecule has 0 heterocycles. The molecule has 0 atom stereocenters. The van der Waals surface area contributed by atoms with E-state index in [4.69, 9.17) is 9.47 Å². The van der Waals surface area contributed by atoms with Crippen LogP contribution in [0.5, 0.6) is 5.75 Å². The maximum atomic E-state index is 13.3. The number of rotatable bonds is 11. The van der Waals surface area contributed by atoms with Crippen molar-refractivity contribution in [3.8, 4) is 5.75 Å². The first-order valence-electron chi connectivity index (χ1n) is 10.6. The molecule has 2 aromatic rings. The number of carbonyl (C=O) groups is 1. The van der Waals surface area contributed by atoms with E-state index in [9.17, 15) is 13.2 Å². The summed E-state index contributed by atoms with van der Waals surface area (Å²) in [5.74, 6) is 0.137. The minimum atomic E-state index is -3.93. The van der Waals surface area contributed by atoms with Crippen LogP contribution in [-0.2, 0) is 19.6 Å². The first-order chi connectivity index (χ1) is 15.0. The number of methoxy groups -OCH3 is 1. The predicted octanol–water partition coefficient (Wildman–Crippen LogP) is 3.36. The molecule has 2 aromatic carbocycles. The van der Waals surface area contributed by atoms with Crippen molar-refractivity contribution in [3.63, 3.8) is 0 Å². The standard InChI is InChI=1S/C23H30N2O5S/c1-29-21-12-7-9-19(17-21)25(31(27,28)22-13-3-2-4-14-22)18-23(26)24-15-8-16-30-20-10-5-6-11-20/h2-4,7,9,12-14,17,20H,5-6,8,10-11,15-16,18H2,1H3,(H,24,26). The SMILES string of the molecule is COc1cccc(N(CC(=O)NCCCOC2CCCC2)S(=O)(=O)c2ccccc2)c1. The largest absolute Gasteiger partial charge is 0.497 e. The Balaban J connectivity index is 1.65. The van der Waals surface area contributed by atoms with Gasteiger partial charge in [0, 0.05) is 19.2 Å². The van der Waals surface area contributed by atoms with Crippen molar-refractivity contribution in [2.24, 2.45) is 0 Å². The number of amides is 1. The Hall–Kier alpha value is -2.58. The summed E-state index contributed by atoms with van der Waals surface area (Å²) >= 11 is 0. The van der Waals surface area contributed by atoms with Crippen molar-refractivity contribution in [3.05, 3.63) is 54.6 Å².